The van der Waals surface area contributed by atoms with Crippen LogP contribution in [0.1, 0.15) is 42.4 Å². The lowest BCUT2D eigenvalue weighted by Gasteiger charge is -2.13. The van der Waals surface area contributed by atoms with Gasteiger partial charge in [0.25, 0.3) is 0 Å². The van der Waals surface area contributed by atoms with Crippen molar-refractivity contribution in [3.05, 3.63) is 88.0 Å². The molecular weight excluding hydrogens is 424 g/mol. The van der Waals surface area contributed by atoms with Crippen LogP contribution >= 0.6 is 11.6 Å². The van der Waals surface area contributed by atoms with Crippen LogP contribution in [0.25, 0.3) is 6.08 Å². The number of esters is 1. The molecule has 0 N–H and O–H groups in total. The highest BCUT2D eigenvalue weighted by atomic mass is 35.5. The van der Waals surface area contributed by atoms with E-state index in [-0.39, 0.29) is 5.97 Å². The van der Waals surface area contributed by atoms with Gasteiger partial charge < -0.3 is 14.0 Å². The van der Waals surface area contributed by atoms with Gasteiger partial charge in [-0.1, -0.05) is 55.3 Å². The molecule has 1 aromatic heterocycles. The smallest absolute Gasteiger partial charge is 0.334 e. The van der Waals surface area contributed by atoms with E-state index in [1.807, 2.05) is 60.8 Å². The molecule has 32 heavy (non-hydrogen) atoms. The number of carbonyl (C=O) groups is 1. The number of aryl methyl sites for hydroxylation is 1. The van der Waals surface area contributed by atoms with Crippen molar-refractivity contribution in [1.82, 2.24) is 9.55 Å². The Balaban J connectivity index is 1.98. The summed E-state index contributed by atoms with van der Waals surface area (Å²) >= 11 is 6.43. The molecule has 0 unspecified atom stereocenters. The topological polar surface area (TPSA) is 53.4 Å². The third kappa shape index (κ3) is 6.01. The number of ether oxygens (including phenoxy) is 2. The molecule has 0 fully saturated rings. The van der Waals surface area contributed by atoms with Crippen LogP contribution in [0, 0.1) is 0 Å². The van der Waals surface area contributed by atoms with Crippen molar-refractivity contribution < 1.29 is 14.3 Å². The summed E-state index contributed by atoms with van der Waals surface area (Å²) in [6, 6.07) is 15.5. The quantitative estimate of drug-likeness (QED) is 0.291. The van der Waals surface area contributed by atoms with Gasteiger partial charge in [0.05, 0.1) is 32.7 Å². The Kier molecular flexibility index (Phi) is 8.51. The second-order valence-corrected chi connectivity index (χ2v) is 7.97. The van der Waals surface area contributed by atoms with Crippen LogP contribution in [0.3, 0.4) is 0 Å². The monoisotopic (exact) mass is 452 g/mol. The Morgan fingerprint density at radius 1 is 1.12 bits per heavy atom. The van der Waals surface area contributed by atoms with E-state index < -0.39 is 0 Å². The minimum atomic E-state index is -0.360. The molecule has 0 saturated heterocycles. The van der Waals surface area contributed by atoms with Gasteiger partial charge >= 0.3 is 5.97 Å². The summed E-state index contributed by atoms with van der Waals surface area (Å²) in [5, 5.41) is 0.712. The van der Waals surface area contributed by atoms with E-state index in [9.17, 15) is 4.79 Å². The highest BCUT2D eigenvalue weighted by Crippen LogP contribution is 2.22. The number of aromatic nitrogens is 2. The first-order valence-electron chi connectivity index (χ1n) is 10.7. The van der Waals surface area contributed by atoms with Gasteiger partial charge in [-0.05, 0) is 41.8 Å². The van der Waals surface area contributed by atoms with Crippen molar-refractivity contribution in [2.75, 3.05) is 14.2 Å². The van der Waals surface area contributed by atoms with Gasteiger partial charge in [-0.2, -0.15) is 0 Å². The number of halogens is 1. The van der Waals surface area contributed by atoms with Crippen molar-refractivity contribution in [1.29, 1.82) is 0 Å². The fraction of sp³-hybridized carbons (Fsp3) is 0.308. The lowest BCUT2D eigenvalue weighted by Crippen LogP contribution is -2.11. The summed E-state index contributed by atoms with van der Waals surface area (Å²) in [7, 11) is 3.03. The average molecular weight is 453 g/mol. The Bertz CT molecular complexity index is 1070. The third-order valence-corrected chi connectivity index (χ3v) is 5.70. The fourth-order valence-electron chi connectivity index (χ4n) is 3.51. The maximum Gasteiger partial charge on any atom is 0.334 e. The number of hydrogen-bond acceptors (Lipinski definition) is 4. The molecule has 2 aromatic carbocycles. The van der Waals surface area contributed by atoms with Crippen molar-refractivity contribution in [2.45, 2.75) is 39.2 Å². The van der Waals surface area contributed by atoms with E-state index in [1.165, 1.54) is 7.11 Å². The van der Waals surface area contributed by atoms with Crippen LogP contribution in [0.2, 0.25) is 5.02 Å². The molecule has 1 heterocycles. The molecule has 5 nitrogen and oxygen atoms in total. The highest BCUT2D eigenvalue weighted by Gasteiger charge is 2.15. The first-order chi connectivity index (χ1) is 15.5. The van der Waals surface area contributed by atoms with Gasteiger partial charge in [-0.25, -0.2) is 9.78 Å². The molecule has 0 atom stereocenters. The molecule has 0 spiro atoms. The zero-order chi connectivity index (χ0) is 22.9. The van der Waals surface area contributed by atoms with E-state index >= 15 is 0 Å². The fourth-order valence-corrected chi connectivity index (χ4v) is 3.71. The normalized spacial score (nSPS) is 11.4. The zero-order valence-corrected chi connectivity index (χ0v) is 19.6. The van der Waals surface area contributed by atoms with E-state index in [0.717, 1.165) is 47.7 Å². The molecule has 0 bridgehead atoms. The maximum absolute atomic E-state index is 12.6. The predicted molar refractivity (Wildman–Crippen MR) is 128 cm³/mol. The number of imidazole rings is 1. The lowest BCUT2D eigenvalue weighted by atomic mass is 10.0. The molecule has 0 aliphatic rings. The Morgan fingerprint density at radius 2 is 1.88 bits per heavy atom. The van der Waals surface area contributed by atoms with Gasteiger partial charge in [-0.15, -0.1) is 0 Å². The van der Waals surface area contributed by atoms with Crippen molar-refractivity contribution in [3.63, 3.8) is 0 Å². The van der Waals surface area contributed by atoms with Gasteiger partial charge in [0.1, 0.15) is 11.6 Å². The van der Waals surface area contributed by atoms with Crippen LogP contribution in [0.15, 0.2) is 60.3 Å². The Morgan fingerprint density at radius 3 is 2.53 bits per heavy atom. The predicted octanol–water partition coefficient (Wildman–Crippen LogP) is 5.74. The van der Waals surface area contributed by atoms with E-state index in [2.05, 4.69) is 16.5 Å². The summed E-state index contributed by atoms with van der Waals surface area (Å²) < 4.78 is 12.4. The van der Waals surface area contributed by atoms with Crippen LogP contribution in [0.5, 0.6) is 5.75 Å². The summed E-state index contributed by atoms with van der Waals surface area (Å²) in [6.07, 6.45) is 7.11. The lowest BCUT2D eigenvalue weighted by molar-refractivity contribution is -0.136. The van der Waals surface area contributed by atoms with Gasteiger partial charge in [-0.3, -0.25) is 0 Å². The maximum atomic E-state index is 12.6. The third-order valence-electron chi connectivity index (χ3n) is 5.33. The molecule has 3 rings (SSSR count). The number of unbranched alkanes of at least 4 members (excludes halogenated alkanes) is 1. The summed E-state index contributed by atoms with van der Waals surface area (Å²) in [4.78, 5) is 17.2. The molecule has 0 aliphatic carbocycles. The first-order valence-corrected chi connectivity index (χ1v) is 11.1. The number of nitrogens with zero attached hydrogens (tertiary/aromatic N) is 2. The molecule has 0 aliphatic heterocycles. The summed E-state index contributed by atoms with van der Waals surface area (Å²) in [5.74, 6) is 1.39. The second-order valence-electron chi connectivity index (χ2n) is 7.57. The Labute approximate surface area is 194 Å². The number of methoxy groups -OCH3 is 2. The minimum Gasteiger partial charge on any atom is -0.497 e. The Hall–Kier alpha value is -3.05. The van der Waals surface area contributed by atoms with E-state index in [4.69, 9.17) is 21.1 Å². The average Bonchev–Trinajstić information content (AvgIpc) is 3.19. The number of hydrogen-bond donors (Lipinski definition) is 0. The number of benzene rings is 2. The molecule has 6 heteroatoms. The van der Waals surface area contributed by atoms with Gasteiger partial charge in [0.15, 0.2) is 0 Å². The van der Waals surface area contributed by atoms with Crippen molar-refractivity contribution >= 4 is 23.6 Å². The van der Waals surface area contributed by atoms with Crippen LogP contribution < -0.4 is 4.74 Å². The van der Waals surface area contributed by atoms with Gasteiger partial charge in [0, 0.05) is 23.4 Å². The molecule has 3 aromatic rings. The first kappa shape index (κ1) is 23.6. The molecular formula is C26H29ClN2O3. The minimum absolute atomic E-state index is 0.360. The van der Waals surface area contributed by atoms with Crippen LogP contribution in [-0.2, 0) is 28.9 Å². The standard InChI is InChI=1S/C26H29ClN2O3/c1-4-5-10-25-28-17-22(29(25)18-20-8-6-7-9-24(20)27)16-21(26(30)32-3)15-19-11-13-23(31-2)14-12-19/h6-9,11-14,16-17H,4-5,10,15,18H2,1-3H3/b21-16+. The van der Waals surface area contributed by atoms with E-state index in [1.54, 1.807) is 7.11 Å². The van der Waals surface area contributed by atoms with Crippen molar-refractivity contribution in [2.24, 2.45) is 0 Å². The molecule has 168 valence electrons. The zero-order valence-electron chi connectivity index (χ0n) is 18.8. The largest absolute Gasteiger partial charge is 0.497 e. The van der Waals surface area contributed by atoms with E-state index in [0.29, 0.717) is 23.6 Å². The van der Waals surface area contributed by atoms with Crippen LogP contribution in [0.4, 0.5) is 0 Å². The molecule has 0 saturated carbocycles. The summed E-state index contributed by atoms with van der Waals surface area (Å²) in [6.45, 7) is 2.74. The van der Waals surface area contributed by atoms with Crippen molar-refractivity contribution in [3.8, 4) is 5.75 Å². The highest BCUT2D eigenvalue weighted by molar-refractivity contribution is 6.31. The van der Waals surface area contributed by atoms with Gasteiger partial charge in [0.2, 0.25) is 0 Å². The molecule has 0 amide bonds. The summed E-state index contributed by atoms with van der Waals surface area (Å²) in [5.41, 5.74) is 3.41. The van der Waals surface area contributed by atoms with Crippen LogP contribution in [-0.4, -0.2) is 29.7 Å². The number of rotatable bonds is 10. The SMILES string of the molecule is CCCCc1ncc(/C=C(\Cc2ccc(OC)cc2)C(=O)OC)n1Cc1ccccc1Cl. The second kappa shape index (κ2) is 11.5. The number of carbonyl (C=O) groups excluding carboxylic acids is 1. The molecule has 0 radical (unpaired) electrons.